The van der Waals surface area contributed by atoms with Crippen molar-refractivity contribution >= 4 is 6.09 Å². The molecule has 0 radical (unpaired) electrons. The van der Waals surface area contributed by atoms with Crippen molar-refractivity contribution in [2.45, 2.75) is 135 Å². The molecule has 1 amide bonds. The van der Waals surface area contributed by atoms with Crippen LogP contribution in [0, 0.1) is 0 Å². The number of nitrogens with one attached hydrogen (secondary N) is 1. The number of rotatable bonds is 19. The fraction of sp³-hybridized carbons (Fsp3) is 0.885. The van der Waals surface area contributed by atoms with Gasteiger partial charge in [-0.1, -0.05) is 89.2 Å². The topological polar surface area (TPSA) is 110 Å². The molecule has 1 aromatic rings. The summed E-state index contributed by atoms with van der Waals surface area (Å²) in [5.74, 6) is 0. The van der Waals surface area contributed by atoms with Gasteiger partial charge in [-0.2, -0.15) is 0 Å². The number of aliphatic hydroxyl groups excluding tert-OH is 2. The highest BCUT2D eigenvalue weighted by Gasteiger charge is 2.34. The number of hydrogen-bond acceptors (Lipinski definition) is 6. The standard InChI is InChI=1S/C26H50N4O4/c1-5-6-7-8-9-10-11-12-13-14-15-16-17-18-30-20-23(28-29-30)19-26(21-31,22-32)27-24(33)34-25(2,3)4/h20,31-32H,5-19,21-22H2,1-4H3,(H,27,33). The molecule has 0 atom stereocenters. The number of carbonyl (C=O) groups is 1. The maximum Gasteiger partial charge on any atom is 0.408 e. The summed E-state index contributed by atoms with van der Waals surface area (Å²) in [6.45, 7) is 7.45. The summed E-state index contributed by atoms with van der Waals surface area (Å²) in [4.78, 5) is 12.1. The molecular weight excluding hydrogens is 432 g/mol. The summed E-state index contributed by atoms with van der Waals surface area (Å²) in [5.41, 5.74) is -1.31. The highest BCUT2D eigenvalue weighted by atomic mass is 16.6. The van der Waals surface area contributed by atoms with Crippen molar-refractivity contribution in [3.63, 3.8) is 0 Å². The Morgan fingerprint density at radius 2 is 1.41 bits per heavy atom. The van der Waals surface area contributed by atoms with E-state index < -0.39 is 30.4 Å². The van der Waals surface area contributed by atoms with Gasteiger partial charge in [-0.3, -0.25) is 4.68 Å². The van der Waals surface area contributed by atoms with Crippen LogP contribution in [0.1, 0.15) is 117 Å². The molecule has 0 bridgehead atoms. The first-order valence-electron chi connectivity index (χ1n) is 13.4. The number of ether oxygens (including phenoxy) is 1. The molecule has 1 heterocycles. The van der Waals surface area contributed by atoms with Gasteiger partial charge in [-0.05, 0) is 27.2 Å². The summed E-state index contributed by atoms with van der Waals surface area (Å²) in [7, 11) is 0. The molecule has 0 aliphatic carbocycles. The highest BCUT2D eigenvalue weighted by molar-refractivity contribution is 5.69. The molecule has 198 valence electrons. The molecule has 3 N–H and O–H groups in total. The van der Waals surface area contributed by atoms with E-state index in [-0.39, 0.29) is 6.42 Å². The molecule has 8 nitrogen and oxygen atoms in total. The van der Waals surface area contributed by atoms with Crippen LogP contribution in [0.25, 0.3) is 0 Å². The second-order valence-corrected chi connectivity index (χ2v) is 10.6. The molecular formula is C26H50N4O4. The average Bonchev–Trinajstić information content (AvgIpc) is 3.22. The summed E-state index contributed by atoms with van der Waals surface area (Å²) in [6.07, 6.45) is 18.4. The highest BCUT2D eigenvalue weighted by Crippen LogP contribution is 2.15. The van der Waals surface area contributed by atoms with Gasteiger partial charge in [0.2, 0.25) is 0 Å². The molecule has 34 heavy (non-hydrogen) atoms. The minimum atomic E-state index is -1.25. The van der Waals surface area contributed by atoms with Gasteiger partial charge in [0.15, 0.2) is 0 Å². The van der Waals surface area contributed by atoms with E-state index in [0.717, 1.165) is 13.0 Å². The van der Waals surface area contributed by atoms with E-state index in [9.17, 15) is 15.0 Å². The van der Waals surface area contributed by atoms with Crippen LogP contribution in [-0.2, 0) is 17.7 Å². The van der Waals surface area contributed by atoms with E-state index in [1.54, 1.807) is 25.5 Å². The van der Waals surface area contributed by atoms with Gasteiger partial charge in [-0.25, -0.2) is 4.79 Å². The van der Waals surface area contributed by atoms with Gasteiger partial charge >= 0.3 is 6.09 Å². The SMILES string of the molecule is CCCCCCCCCCCCCCCn1cc(CC(CO)(CO)NC(=O)OC(C)(C)C)nn1. The monoisotopic (exact) mass is 482 g/mol. The Labute approximate surface area is 206 Å². The number of alkyl carbamates (subject to hydrolysis) is 1. The molecule has 0 unspecified atom stereocenters. The van der Waals surface area contributed by atoms with Gasteiger partial charge in [0, 0.05) is 19.2 Å². The Hall–Kier alpha value is -1.67. The molecule has 0 aliphatic heterocycles. The molecule has 1 rings (SSSR count). The Morgan fingerprint density at radius 1 is 0.912 bits per heavy atom. The molecule has 0 fully saturated rings. The number of aromatic nitrogens is 3. The van der Waals surface area contributed by atoms with Gasteiger partial charge in [-0.15, -0.1) is 5.10 Å². The van der Waals surface area contributed by atoms with Crippen LogP contribution in [0.3, 0.4) is 0 Å². The largest absolute Gasteiger partial charge is 0.444 e. The van der Waals surface area contributed by atoms with Crippen molar-refractivity contribution in [1.82, 2.24) is 20.3 Å². The Bertz CT molecular complexity index is 653. The number of unbranched alkanes of at least 4 members (excludes halogenated alkanes) is 12. The van der Waals surface area contributed by atoms with E-state index in [2.05, 4.69) is 22.6 Å². The van der Waals surface area contributed by atoms with Crippen molar-refractivity contribution in [2.24, 2.45) is 0 Å². The first-order chi connectivity index (χ1) is 16.2. The zero-order chi connectivity index (χ0) is 25.3. The molecule has 0 aliphatic rings. The normalized spacial score (nSPS) is 12.2. The van der Waals surface area contributed by atoms with Gasteiger partial charge in [0.25, 0.3) is 0 Å². The van der Waals surface area contributed by atoms with Crippen molar-refractivity contribution in [1.29, 1.82) is 0 Å². The summed E-state index contributed by atoms with van der Waals surface area (Å²) in [5, 5.41) is 30.6. The fourth-order valence-corrected chi connectivity index (χ4v) is 3.97. The van der Waals surface area contributed by atoms with Crippen LogP contribution in [0.5, 0.6) is 0 Å². The number of amides is 1. The second kappa shape index (κ2) is 16.9. The van der Waals surface area contributed by atoms with Crippen LogP contribution >= 0.6 is 0 Å². The van der Waals surface area contributed by atoms with Crippen molar-refractivity contribution in [3.8, 4) is 0 Å². The first kappa shape index (κ1) is 30.4. The summed E-state index contributed by atoms with van der Waals surface area (Å²) in [6, 6.07) is 0. The zero-order valence-corrected chi connectivity index (χ0v) is 22.2. The first-order valence-corrected chi connectivity index (χ1v) is 13.4. The Balaban J connectivity index is 2.24. The second-order valence-electron chi connectivity index (χ2n) is 10.6. The molecule has 0 aromatic carbocycles. The molecule has 0 saturated carbocycles. The van der Waals surface area contributed by atoms with Crippen molar-refractivity contribution in [3.05, 3.63) is 11.9 Å². The van der Waals surface area contributed by atoms with E-state index in [4.69, 9.17) is 4.74 Å². The third kappa shape index (κ3) is 13.9. The van der Waals surface area contributed by atoms with Crippen LogP contribution in [-0.4, -0.2) is 55.7 Å². The minimum Gasteiger partial charge on any atom is -0.444 e. The lowest BCUT2D eigenvalue weighted by molar-refractivity contribution is 0.0293. The van der Waals surface area contributed by atoms with Crippen LogP contribution in [0.15, 0.2) is 6.20 Å². The van der Waals surface area contributed by atoms with Crippen molar-refractivity contribution < 1.29 is 19.7 Å². The Kier molecular flexibility index (Phi) is 15.1. The third-order valence-electron chi connectivity index (χ3n) is 5.97. The van der Waals surface area contributed by atoms with Gasteiger partial charge in [0.1, 0.15) is 5.60 Å². The summed E-state index contributed by atoms with van der Waals surface area (Å²) >= 11 is 0. The lowest BCUT2D eigenvalue weighted by Crippen LogP contribution is -2.56. The van der Waals surface area contributed by atoms with E-state index in [1.807, 2.05) is 6.20 Å². The quantitative estimate of drug-likeness (QED) is 0.235. The number of aliphatic hydroxyl groups is 2. The fourth-order valence-electron chi connectivity index (χ4n) is 3.97. The number of nitrogens with zero attached hydrogens (tertiary/aromatic N) is 3. The van der Waals surface area contributed by atoms with Gasteiger partial charge in [0.05, 0.1) is 24.4 Å². The minimum absolute atomic E-state index is 0.165. The van der Waals surface area contributed by atoms with Crippen LogP contribution in [0.4, 0.5) is 4.79 Å². The molecule has 0 saturated heterocycles. The van der Waals surface area contributed by atoms with E-state index in [1.165, 1.54) is 77.0 Å². The predicted molar refractivity (Wildman–Crippen MR) is 136 cm³/mol. The summed E-state index contributed by atoms with van der Waals surface area (Å²) < 4.78 is 7.05. The lowest BCUT2D eigenvalue weighted by atomic mass is 9.96. The van der Waals surface area contributed by atoms with Crippen molar-refractivity contribution in [2.75, 3.05) is 13.2 Å². The molecule has 1 aromatic heterocycles. The van der Waals surface area contributed by atoms with E-state index in [0.29, 0.717) is 5.69 Å². The third-order valence-corrected chi connectivity index (χ3v) is 5.97. The number of hydrogen-bond donors (Lipinski definition) is 3. The number of carbonyl (C=O) groups excluding carboxylic acids is 1. The number of aryl methyl sites for hydroxylation is 1. The maximum atomic E-state index is 12.1. The van der Waals surface area contributed by atoms with Crippen LogP contribution in [0.2, 0.25) is 0 Å². The smallest absolute Gasteiger partial charge is 0.408 e. The predicted octanol–water partition coefficient (Wildman–Crippen LogP) is 5.16. The van der Waals surface area contributed by atoms with E-state index >= 15 is 0 Å². The molecule has 8 heteroatoms. The lowest BCUT2D eigenvalue weighted by Gasteiger charge is -2.31. The Morgan fingerprint density at radius 3 is 1.88 bits per heavy atom. The zero-order valence-electron chi connectivity index (χ0n) is 22.2. The van der Waals surface area contributed by atoms with Gasteiger partial charge < -0.3 is 20.3 Å². The maximum absolute atomic E-state index is 12.1. The average molecular weight is 483 g/mol. The molecule has 0 spiro atoms. The van der Waals surface area contributed by atoms with Crippen LogP contribution < -0.4 is 5.32 Å².